The van der Waals surface area contributed by atoms with E-state index in [9.17, 15) is 17.6 Å². The summed E-state index contributed by atoms with van der Waals surface area (Å²) in [5.41, 5.74) is 0.553. The Labute approximate surface area is 142 Å². The number of benzene rings is 2. The van der Waals surface area contributed by atoms with E-state index in [4.69, 9.17) is 0 Å². The third-order valence-electron chi connectivity index (χ3n) is 3.00. The summed E-state index contributed by atoms with van der Waals surface area (Å²) in [6, 6.07) is 11.4. The molecule has 2 rings (SSSR count). The van der Waals surface area contributed by atoms with Crippen molar-refractivity contribution in [3.8, 4) is 0 Å². The van der Waals surface area contributed by atoms with Crippen LogP contribution in [0.1, 0.15) is 0 Å². The molecule has 2 aromatic carbocycles. The van der Waals surface area contributed by atoms with E-state index in [0.29, 0.717) is 5.69 Å². The van der Waals surface area contributed by atoms with E-state index < -0.39 is 21.7 Å². The van der Waals surface area contributed by atoms with E-state index >= 15 is 0 Å². The van der Waals surface area contributed by atoms with Crippen molar-refractivity contribution in [3.63, 3.8) is 0 Å². The minimum Gasteiger partial charge on any atom is -0.325 e. The number of halogens is 2. The first-order valence-electron chi connectivity index (χ1n) is 6.56. The second-order valence-corrected chi connectivity index (χ2v) is 7.73. The number of anilines is 1. The van der Waals surface area contributed by atoms with E-state index in [1.165, 1.54) is 7.05 Å². The Morgan fingerprint density at radius 2 is 1.87 bits per heavy atom. The maximum atomic E-state index is 12.9. The number of amides is 1. The van der Waals surface area contributed by atoms with Gasteiger partial charge >= 0.3 is 0 Å². The molecule has 0 aromatic heterocycles. The molecule has 0 atom stereocenters. The fourth-order valence-corrected chi connectivity index (χ4v) is 3.37. The number of hydrogen-bond donors (Lipinski definition) is 1. The minimum absolute atomic E-state index is 0.0725. The van der Waals surface area contributed by atoms with Crippen molar-refractivity contribution in [2.45, 2.75) is 4.90 Å². The number of nitrogens with one attached hydrogen (secondary N) is 1. The lowest BCUT2D eigenvalue weighted by atomic mass is 10.3. The predicted octanol–water partition coefficient (Wildman–Crippen LogP) is 2.85. The molecular formula is C15H14BrFN2O3S. The molecule has 0 aliphatic rings. The molecule has 1 amide bonds. The number of sulfonamides is 1. The molecular weight excluding hydrogens is 387 g/mol. The van der Waals surface area contributed by atoms with Crippen molar-refractivity contribution < 1.29 is 17.6 Å². The summed E-state index contributed by atoms with van der Waals surface area (Å²) in [4.78, 5) is 11.9. The van der Waals surface area contributed by atoms with Gasteiger partial charge in [-0.2, -0.15) is 4.31 Å². The summed E-state index contributed by atoms with van der Waals surface area (Å²) in [6.45, 7) is -0.355. The highest BCUT2D eigenvalue weighted by Gasteiger charge is 2.23. The first kappa shape index (κ1) is 17.6. The molecule has 1 N–H and O–H groups in total. The van der Waals surface area contributed by atoms with E-state index in [1.807, 2.05) is 0 Å². The molecule has 8 heteroatoms. The van der Waals surface area contributed by atoms with Crippen LogP contribution in [-0.4, -0.2) is 32.2 Å². The zero-order valence-electron chi connectivity index (χ0n) is 12.2. The quantitative estimate of drug-likeness (QED) is 0.838. The van der Waals surface area contributed by atoms with Gasteiger partial charge in [0, 0.05) is 17.2 Å². The van der Waals surface area contributed by atoms with Crippen LogP contribution in [0.5, 0.6) is 0 Å². The topological polar surface area (TPSA) is 66.5 Å². The van der Waals surface area contributed by atoms with Gasteiger partial charge in [-0.3, -0.25) is 4.79 Å². The first-order valence-corrected chi connectivity index (χ1v) is 8.79. The summed E-state index contributed by atoms with van der Waals surface area (Å²) in [7, 11) is -2.56. The molecule has 23 heavy (non-hydrogen) atoms. The number of nitrogens with zero attached hydrogens (tertiary/aromatic N) is 1. The number of likely N-dealkylation sites (N-methyl/N-ethyl adjacent to an activating group) is 1. The van der Waals surface area contributed by atoms with Crippen LogP contribution in [0.3, 0.4) is 0 Å². The van der Waals surface area contributed by atoms with Gasteiger partial charge in [0.1, 0.15) is 5.82 Å². The third kappa shape index (κ3) is 4.60. The Hall–Kier alpha value is -1.77. The normalized spacial score (nSPS) is 11.5. The van der Waals surface area contributed by atoms with Crippen LogP contribution in [0.25, 0.3) is 0 Å². The van der Waals surface area contributed by atoms with Gasteiger partial charge in [0.05, 0.1) is 11.4 Å². The van der Waals surface area contributed by atoms with Crippen molar-refractivity contribution >= 4 is 37.5 Å². The van der Waals surface area contributed by atoms with Gasteiger partial charge in [-0.15, -0.1) is 0 Å². The monoisotopic (exact) mass is 400 g/mol. The smallest absolute Gasteiger partial charge is 0.243 e. The van der Waals surface area contributed by atoms with Crippen LogP contribution in [0.2, 0.25) is 0 Å². The van der Waals surface area contributed by atoms with Crippen LogP contribution < -0.4 is 5.32 Å². The Balaban J connectivity index is 2.06. The lowest BCUT2D eigenvalue weighted by Crippen LogP contribution is -2.34. The number of carbonyl (C=O) groups is 1. The molecule has 0 saturated carbocycles. The first-order chi connectivity index (χ1) is 10.8. The molecule has 0 spiro atoms. The zero-order valence-corrected chi connectivity index (χ0v) is 14.6. The molecule has 0 saturated heterocycles. The Morgan fingerprint density at radius 3 is 2.48 bits per heavy atom. The van der Waals surface area contributed by atoms with Crippen LogP contribution >= 0.6 is 15.9 Å². The highest BCUT2D eigenvalue weighted by Crippen LogP contribution is 2.17. The van der Waals surface area contributed by atoms with E-state index in [1.54, 1.807) is 24.3 Å². The maximum absolute atomic E-state index is 12.9. The Kier molecular flexibility index (Phi) is 5.51. The van der Waals surface area contributed by atoms with Gasteiger partial charge in [0.25, 0.3) is 0 Å². The lowest BCUT2D eigenvalue weighted by Gasteiger charge is -2.17. The largest absolute Gasteiger partial charge is 0.325 e. The summed E-state index contributed by atoms with van der Waals surface area (Å²) in [6.07, 6.45) is 0. The minimum atomic E-state index is -3.85. The van der Waals surface area contributed by atoms with Crippen molar-refractivity contribution in [2.75, 3.05) is 18.9 Å². The van der Waals surface area contributed by atoms with Gasteiger partial charge in [0.2, 0.25) is 15.9 Å². The summed E-state index contributed by atoms with van der Waals surface area (Å²) < 4.78 is 39.2. The molecule has 122 valence electrons. The number of rotatable bonds is 5. The maximum Gasteiger partial charge on any atom is 0.243 e. The van der Waals surface area contributed by atoms with Gasteiger partial charge in [-0.05, 0) is 42.5 Å². The van der Waals surface area contributed by atoms with E-state index in [0.717, 1.165) is 33.0 Å². The van der Waals surface area contributed by atoms with Crippen LogP contribution in [0.15, 0.2) is 57.9 Å². The average Bonchev–Trinajstić information content (AvgIpc) is 2.47. The average molecular weight is 401 g/mol. The third-order valence-corrected chi connectivity index (χ3v) is 5.31. The summed E-state index contributed by atoms with van der Waals surface area (Å²) in [5.74, 6) is -1.00. The van der Waals surface area contributed by atoms with Crippen molar-refractivity contribution in [1.82, 2.24) is 4.31 Å². The Bertz CT molecular complexity index is 810. The molecule has 2 aromatic rings. The van der Waals surface area contributed by atoms with Gasteiger partial charge < -0.3 is 5.32 Å². The molecule has 0 radical (unpaired) electrons. The summed E-state index contributed by atoms with van der Waals surface area (Å²) in [5, 5.41) is 2.61. The molecule has 5 nitrogen and oxygen atoms in total. The molecule has 0 aliphatic carbocycles. The van der Waals surface area contributed by atoms with Gasteiger partial charge in [-0.1, -0.05) is 22.0 Å². The van der Waals surface area contributed by atoms with Crippen LogP contribution in [0.4, 0.5) is 10.1 Å². The fraction of sp³-hybridized carbons (Fsp3) is 0.133. The highest BCUT2D eigenvalue weighted by molar-refractivity contribution is 9.10. The molecule has 0 bridgehead atoms. The second kappa shape index (κ2) is 7.20. The summed E-state index contributed by atoms with van der Waals surface area (Å²) >= 11 is 3.28. The SMILES string of the molecule is CN(CC(=O)Nc1cccc(Br)c1)S(=O)(=O)c1ccc(F)cc1. The van der Waals surface area contributed by atoms with Crippen molar-refractivity contribution in [2.24, 2.45) is 0 Å². The second-order valence-electron chi connectivity index (χ2n) is 4.77. The van der Waals surface area contributed by atoms with Gasteiger partial charge in [-0.25, -0.2) is 12.8 Å². The fourth-order valence-electron chi connectivity index (χ4n) is 1.84. The van der Waals surface area contributed by atoms with Crippen LogP contribution in [0, 0.1) is 5.82 Å². The van der Waals surface area contributed by atoms with E-state index in [-0.39, 0.29) is 11.4 Å². The van der Waals surface area contributed by atoms with Crippen molar-refractivity contribution in [1.29, 1.82) is 0 Å². The van der Waals surface area contributed by atoms with Gasteiger partial charge in [0.15, 0.2) is 0 Å². The molecule has 0 aliphatic heterocycles. The van der Waals surface area contributed by atoms with Crippen LogP contribution in [-0.2, 0) is 14.8 Å². The lowest BCUT2D eigenvalue weighted by molar-refractivity contribution is -0.116. The van der Waals surface area contributed by atoms with E-state index in [2.05, 4.69) is 21.2 Å². The zero-order chi connectivity index (χ0) is 17.0. The molecule has 0 unspecified atom stereocenters. The number of hydrogen-bond acceptors (Lipinski definition) is 3. The standard InChI is InChI=1S/C15H14BrFN2O3S/c1-19(23(21,22)14-7-5-12(17)6-8-14)10-15(20)18-13-4-2-3-11(16)9-13/h2-9H,10H2,1H3,(H,18,20). The number of carbonyl (C=O) groups excluding carboxylic acids is 1. The highest BCUT2D eigenvalue weighted by atomic mass is 79.9. The molecule has 0 heterocycles. The molecule has 0 fully saturated rings. The Morgan fingerprint density at radius 1 is 1.22 bits per heavy atom. The van der Waals surface area contributed by atoms with Crippen molar-refractivity contribution in [3.05, 3.63) is 58.8 Å². The predicted molar refractivity (Wildman–Crippen MR) is 89.0 cm³/mol.